The molecule has 0 bridgehead atoms. The normalized spacial score (nSPS) is 10.4. The van der Waals surface area contributed by atoms with Crippen LogP contribution in [0.1, 0.15) is 12.5 Å². The summed E-state index contributed by atoms with van der Waals surface area (Å²) in [6.07, 6.45) is 1.61. The Hall–Kier alpha value is -1.31. The van der Waals surface area contributed by atoms with Crippen molar-refractivity contribution in [3.05, 3.63) is 29.8 Å². The van der Waals surface area contributed by atoms with Crippen LogP contribution in [-0.2, 0) is 0 Å². The van der Waals surface area contributed by atoms with E-state index in [9.17, 15) is 0 Å². The molecule has 2 nitrogen and oxygen atoms in total. The first-order valence-electron chi connectivity index (χ1n) is 3.54. The fourth-order valence-electron chi connectivity index (χ4n) is 0.786. The van der Waals surface area contributed by atoms with Crippen molar-refractivity contribution < 1.29 is 4.84 Å². The highest BCUT2D eigenvalue weighted by atomic mass is 16.6. The maximum absolute atomic E-state index is 5.01. The summed E-state index contributed by atoms with van der Waals surface area (Å²) < 4.78 is 0. The lowest BCUT2D eigenvalue weighted by atomic mass is 10.2. The van der Waals surface area contributed by atoms with Gasteiger partial charge in [-0.25, -0.2) is 0 Å². The first-order valence-corrected chi connectivity index (χ1v) is 3.54. The molecule has 0 saturated carbocycles. The molecule has 0 heterocycles. The van der Waals surface area contributed by atoms with Crippen LogP contribution in [0.2, 0.25) is 0 Å². The molecular formula is C9H11NO. The molecule has 0 aliphatic rings. The van der Waals surface area contributed by atoms with Gasteiger partial charge in [0.05, 0.1) is 0 Å². The molecule has 0 atom stereocenters. The Kier molecular flexibility index (Phi) is 2.66. The monoisotopic (exact) mass is 149 g/mol. The van der Waals surface area contributed by atoms with Crippen LogP contribution in [0, 0.1) is 6.92 Å². The summed E-state index contributed by atoms with van der Waals surface area (Å²) in [6.45, 7) is 3.83. The summed E-state index contributed by atoms with van der Waals surface area (Å²) in [6, 6.07) is 7.77. The van der Waals surface area contributed by atoms with Gasteiger partial charge in [-0.3, -0.25) is 0 Å². The van der Waals surface area contributed by atoms with Crippen molar-refractivity contribution in [3.8, 4) is 5.75 Å². The van der Waals surface area contributed by atoms with Crippen molar-refractivity contribution in [3.63, 3.8) is 0 Å². The minimum Gasteiger partial charge on any atom is -0.357 e. The molecule has 0 aliphatic carbocycles. The molecule has 1 aromatic carbocycles. The molecule has 2 heteroatoms. The number of oxime groups is 1. The Morgan fingerprint density at radius 1 is 1.45 bits per heavy atom. The molecule has 11 heavy (non-hydrogen) atoms. The SMILES string of the molecule is CC=NOc1cccc(C)c1. The zero-order valence-electron chi connectivity index (χ0n) is 6.74. The number of hydrogen-bond acceptors (Lipinski definition) is 2. The van der Waals surface area contributed by atoms with Gasteiger partial charge in [0, 0.05) is 6.21 Å². The van der Waals surface area contributed by atoms with Crippen molar-refractivity contribution in [2.75, 3.05) is 0 Å². The van der Waals surface area contributed by atoms with Gasteiger partial charge in [-0.05, 0) is 31.5 Å². The average molecular weight is 149 g/mol. The summed E-state index contributed by atoms with van der Waals surface area (Å²) in [7, 11) is 0. The molecule has 1 rings (SSSR count). The second-order valence-electron chi connectivity index (χ2n) is 2.27. The van der Waals surface area contributed by atoms with Crippen molar-refractivity contribution >= 4 is 6.21 Å². The van der Waals surface area contributed by atoms with Crippen LogP contribution in [0.25, 0.3) is 0 Å². The summed E-state index contributed by atoms with van der Waals surface area (Å²) in [5.41, 5.74) is 1.17. The third kappa shape index (κ3) is 2.42. The van der Waals surface area contributed by atoms with E-state index in [-0.39, 0.29) is 0 Å². The average Bonchev–Trinajstić information content (AvgIpc) is 2.01. The molecule has 0 radical (unpaired) electrons. The molecule has 0 amide bonds. The molecule has 0 saturated heterocycles. The van der Waals surface area contributed by atoms with E-state index in [1.807, 2.05) is 38.1 Å². The zero-order valence-corrected chi connectivity index (χ0v) is 6.74. The highest BCUT2D eigenvalue weighted by Gasteiger charge is 1.89. The molecule has 0 aromatic heterocycles. The molecule has 0 spiro atoms. The van der Waals surface area contributed by atoms with E-state index in [4.69, 9.17) is 4.84 Å². The Morgan fingerprint density at radius 2 is 2.27 bits per heavy atom. The summed E-state index contributed by atoms with van der Waals surface area (Å²) >= 11 is 0. The number of benzene rings is 1. The first-order chi connectivity index (χ1) is 5.33. The minimum atomic E-state index is 0.781. The Bertz CT molecular complexity index is 255. The predicted molar refractivity (Wildman–Crippen MR) is 46.0 cm³/mol. The fraction of sp³-hybridized carbons (Fsp3) is 0.222. The Labute approximate surface area is 66.5 Å². The van der Waals surface area contributed by atoms with Crippen LogP contribution >= 0.6 is 0 Å². The van der Waals surface area contributed by atoms with E-state index in [1.54, 1.807) is 6.21 Å². The van der Waals surface area contributed by atoms with Crippen LogP contribution in [0.4, 0.5) is 0 Å². The topological polar surface area (TPSA) is 21.6 Å². The first kappa shape index (κ1) is 7.79. The minimum absolute atomic E-state index is 0.781. The van der Waals surface area contributed by atoms with Crippen LogP contribution in [0.15, 0.2) is 29.4 Å². The quantitative estimate of drug-likeness (QED) is 0.467. The number of rotatable bonds is 2. The Morgan fingerprint density at radius 3 is 2.91 bits per heavy atom. The van der Waals surface area contributed by atoms with Gasteiger partial charge in [-0.2, -0.15) is 0 Å². The largest absolute Gasteiger partial charge is 0.357 e. The fourth-order valence-corrected chi connectivity index (χ4v) is 0.786. The van der Waals surface area contributed by atoms with Crippen LogP contribution < -0.4 is 4.84 Å². The van der Waals surface area contributed by atoms with E-state index in [0.29, 0.717) is 0 Å². The van der Waals surface area contributed by atoms with Crippen LogP contribution in [0.5, 0.6) is 5.75 Å². The van der Waals surface area contributed by atoms with Gasteiger partial charge in [0.2, 0.25) is 0 Å². The van der Waals surface area contributed by atoms with Crippen LogP contribution in [-0.4, -0.2) is 6.21 Å². The lowest BCUT2D eigenvalue weighted by Crippen LogP contribution is -1.82. The van der Waals surface area contributed by atoms with Gasteiger partial charge in [0.25, 0.3) is 0 Å². The van der Waals surface area contributed by atoms with E-state index in [2.05, 4.69) is 5.16 Å². The Balaban J connectivity index is 2.71. The van der Waals surface area contributed by atoms with Gasteiger partial charge >= 0.3 is 0 Å². The van der Waals surface area contributed by atoms with E-state index in [1.165, 1.54) is 5.56 Å². The third-order valence-corrected chi connectivity index (χ3v) is 1.25. The predicted octanol–water partition coefficient (Wildman–Crippen LogP) is 2.38. The highest BCUT2D eigenvalue weighted by molar-refractivity contribution is 5.52. The van der Waals surface area contributed by atoms with E-state index < -0.39 is 0 Å². The maximum atomic E-state index is 5.01. The third-order valence-electron chi connectivity index (χ3n) is 1.25. The van der Waals surface area contributed by atoms with Gasteiger partial charge in [-0.15, -0.1) is 0 Å². The number of hydrogen-bond donors (Lipinski definition) is 0. The second kappa shape index (κ2) is 3.76. The van der Waals surface area contributed by atoms with Crippen molar-refractivity contribution in [1.29, 1.82) is 0 Å². The standard InChI is InChI=1S/C9H11NO/c1-3-10-11-9-6-4-5-8(2)7-9/h3-7H,1-2H3. The van der Waals surface area contributed by atoms with Gasteiger partial charge in [0.1, 0.15) is 0 Å². The zero-order chi connectivity index (χ0) is 8.10. The highest BCUT2D eigenvalue weighted by Crippen LogP contribution is 2.11. The van der Waals surface area contributed by atoms with Crippen LogP contribution in [0.3, 0.4) is 0 Å². The molecule has 0 N–H and O–H groups in total. The summed E-state index contributed by atoms with van der Waals surface area (Å²) in [4.78, 5) is 5.01. The molecule has 0 fully saturated rings. The van der Waals surface area contributed by atoms with Gasteiger partial charge in [-0.1, -0.05) is 17.3 Å². The van der Waals surface area contributed by atoms with Gasteiger partial charge < -0.3 is 4.84 Å². The molecule has 0 unspecified atom stereocenters. The molecule has 0 aliphatic heterocycles. The molecule has 58 valence electrons. The second-order valence-corrected chi connectivity index (χ2v) is 2.27. The van der Waals surface area contributed by atoms with E-state index in [0.717, 1.165) is 5.75 Å². The summed E-state index contributed by atoms with van der Waals surface area (Å²) in [5, 5.41) is 3.66. The lowest BCUT2D eigenvalue weighted by Gasteiger charge is -1.97. The smallest absolute Gasteiger partial charge is 0.158 e. The van der Waals surface area contributed by atoms with E-state index >= 15 is 0 Å². The number of aryl methyl sites for hydroxylation is 1. The maximum Gasteiger partial charge on any atom is 0.158 e. The van der Waals surface area contributed by atoms with Crippen molar-refractivity contribution in [2.45, 2.75) is 13.8 Å². The van der Waals surface area contributed by atoms with Crippen molar-refractivity contribution in [2.24, 2.45) is 5.16 Å². The van der Waals surface area contributed by atoms with Gasteiger partial charge in [0.15, 0.2) is 5.75 Å². The van der Waals surface area contributed by atoms with Crippen molar-refractivity contribution in [1.82, 2.24) is 0 Å². The molecular weight excluding hydrogens is 138 g/mol. The lowest BCUT2D eigenvalue weighted by molar-refractivity contribution is 0.343. The molecule has 1 aromatic rings. The summed E-state index contributed by atoms with van der Waals surface area (Å²) in [5.74, 6) is 0.781. The number of nitrogens with zero attached hydrogens (tertiary/aromatic N) is 1.